The second kappa shape index (κ2) is 8.81. The van der Waals surface area contributed by atoms with Crippen LogP contribution in [0, 0.1) is 5.92 Å². The molecule has 146 valence electrons. The van der Waals surface area contributed by atoms with Crippen LogP contribution in [0.25, 0.3) is 0 Å². The predicted octanol–water partition coefficient (Wildman–Crippen LogP) is 3.64. The fourth-order valence-corrected chi connectivity index (χ4v) is 2.16. The molecule has 0 saturated heterocycles. The van der Waals surface area contributed by atoms with Crippen molar-refractivity contribution in [2.45, 2.75) is 25.3 Å². The second-order valence-corrected chi connectivity index (χ2v) is 5.95. The summed E-state index contributed by atoms with van der Waals surface area (Å²) in [7, 11) is 0. The lowest BCUT2D eigenvalue weighted by molar-refractivity contribution is -0.148. The van der Waals surface area contributed by atoms with Crippen molar-refractivity contribution in [3.05, 3.63) is 54.2 Å². The minimum atomic E-state index is -4.27. The van der Waals surface area contributed by atoms with E-state index in [-0.39, 0.29) is 11.8 Å². The average molecular weight is 385 g/mol. The van der Waals surface area contributed by atoms with E-state index in [0.717, 1.165) is 5.56 Å². The smallest absolute Gasteiger partial charge is 0.340 e. The number of anilines is 1. The van der Waals surface area contributed by atoms with Gasteiger partial charge in [-0.25, -0.2) is 13.8 Å². The Kier molecular flexibility index (Phi) is 6.73. The Balaban J connectivity index is 1.92. The van der Waals surface area contributed by atoms with Crippen LogP contribution in [0.5, 0.6) is 5.88 Å². The van der Waals surface area contributed by atoms with Crippen molar-refractivity contribution in [3.63, 3.8) is 0 Å². The first kappa shape index (κ1) is 20.6. The average Bonchev–Trinajstić information content (AvgIpc) is 2.66. The molecule has 0 aliphatic heterocycles. The van der Waals surface area contributed by atoms with Crippen LogP contribution in [-0.4, -0.2) is 29.8 Å². The van der Waals surface area contributed by atoms with Crippen LogP contribution in [0.15, 0.2) is 48.7 Å². The number of rotatable bonds is 8. The fraction of sp³-hybridized carbons (Fsp3) is 0.333. The Morgan fingerprint density at radius 2 is 1.89 bits per heavy atom. The molecule has 3 N–H and O–H groups in total. The molecule has 2 rings (SSSR count). The summed E-state index contributed by atoms with van der Waals surface area (Å²) in [6.45, 7) is 0.177. The number of pyridine rings is 1. The number of benzene rings is 1. The van der Waals surface area contributed by atoms with Crippen molar-refractivity contribution in [1.82, 2.24) is 4.98 Å². The zero-order valence-corrected chi connectivity index (χ0v) is 14.4. The van der Waals surface area contributed by atoms with Crippen molar-refractivity contribution in [3.8, 4) is 5.88 Å². The van der Waals surface area contributed by atoms with Crippen LogP contribution in [0.3, 0.4) is 0 Å². The summed E-state index contributed by atoms with van der Waals surface area (Å²) in [5, 5.41) is 2.61. The molecule has 0 aliphatic carbocycles. The summed E-state index contributed by atoms with van der Waals surface area (Å²) in [6, 6.07) is 11.2. The van der Waals surface area contributed by atoms with Gasteiger partial charge in [-0.15, -0.1) is 0 Å². The number of aromatic nitrogens is 1. The molecule has 0 saturated carbocycles. The largest absolute Gasteiger partial charge is 0.471 e. The number of nitrogens with two attached hydrogens (primary N) is 1. The summed E-state index contributed by atoms with van der Waals surface area (Å²) < 4.78 is 54.4. The van der Waals surface area contributed by atoms with Gasteiger partial charge in [0.1, 0.15) is 0 Å². The summed E-state index contributed by atoms with van der Waals surface area (Å²) in [4.78, 5) is 16.0. The molecule has 1 heterocycles. The molecule has 2 atom stereocenters. The standard InChI is InChI=1S/C18H19F4N3O2/c1-11(15(23)12-5-3-2-4-6-12)16(26)25-13-7-8-14(24-9-13)27-10-18(21,22)17(19)20/h2-9,11,15,17H,10,23H2,1H3,(H,25,26). The quantitative estimate of drug-likeness (QED) is 0.681. The molecule has 0 spiro atoms. The summed E-state index contributed by atoms with van der Waals surface area (Å²) in [5.41, 5.74) is 7.19. The van der Waals surface area contributed by atoms with Crippen molar-refractivity contribution < 1.29 is 27.1 Å². The molecule has 0 bridgehead atoms. The Morgan fingerprint density at radius 1 is 1.22 bits per heavy atom. The molecule has 1 aromatic carbocycles. The van der Waals surface area contributed by atoms with E-state index in [4.69, 9.17) is 5.73 Å². The molecule has 0 aliphatic rings. The molecular formula is C18H19F4N3O2. The van der Waals surface area contributed by atoms with Crippen molar-refractivity contribution in [2.24, 2.45) is 11.7 Å². The molecule has 27 heavy (non-hydrogen) atoms. The van der Waals surface area contributed by atoms with Crippen LogP contribution >= 0.6 is 0 Å². The zero-order chi connectivity index (χ0) is 20.0. The minimum Gasteiger partial charge on any atom is -0.471 e. The van der Waals surface area contributed by atoms with E-state index in [1.807, 2.05) is 30.3 Å². The maximum Gasteiger partial charge on any atom is 0.340 e. The number of amides is 1. The lowest BCUT2D eigenvalue weighted by atomic mass is 9.94. The zero-order valence-electron chi connectivity index (χ0n) is 14.4. The molecule has 1 amide bonds. The SMILES string of the molecule is CC(C(=O)Nc1ccc(OCC(F)(F)C(F)F)nc1)C(N)c1ccccc1. The maximum absolute atomic E-state index is 12.8. The van der Waals surface area contributed by atoms with Gasteiger partial charge < -0.3 is 15.8 Å². The molecule has 5 nitrogen and oxygen atoms in total. The highest BCUT2D eigenvalue weighted by Gasteiger charge is 2.41. The van der Waals surface area contributed by atoms with Crippen molar-refractivity contribution in [2.75, 3.05) is 11.9 Å². The third kappa shape index (κ3) is 5.65. The lowest BCUT2D eigenvalue weighted by Crippen LogP contribution is -2.33. The Labute approximate surface area is 153 Å². The van der Waals surface area contributed by atoms with Gasteiger partial charge in [0.05, 0.1) is 17.8 Å². The number of ether oxygens (including phenoxy) is 1. The van der Waals surface area contributed by atoms with E-state index in [9.17, 15) is 22.4 Å². The number of nitrogens with zero attached hydrogens (tertiary/aromatic N) is 1. The topological polar surface area (TPSA) is 77.2 Å². The maximum atomic E-state index is 12.8. The first-order valence-electron chi connectivity index (χ1n) is 8.07. The van der Waals surface area contributed by atoms with Gasteiger partial charge in [0.15, 0.2) is 6.61 Å². The molecule has 2 unspecified atom stereocenters. The number of carbonyl (C=O) groups excluding carboxylic acids is 1. The lowest BCUT2D eigenvalue weighted by Gasteiger charge is -2.20. The first-order chi connectivity index (χ1) is 12.7. The van der Waals surface area contributed by atoms with E-state index in [0.29, 0.717) is 5.69 Å². The second-order valence-electron chi connectivity index (χ2n) is 5.95. The van der Waals surface area contributed by atoms with E-state index < -0.39 is 30.9 Å². The van der Waals surface area contributed by atoms with Gasteiger partial charge in [-0.3, -0.25) is 4.79 Å². The van der Waals surface area contributed by atoms with Gasteiger partial charge >= 0.3 is 12.3 Å². The minimum absolute atomic E-state index is 0.262. The summed E-state index contributed by atoms with van der Waals surface area (Å²) in [5.74, 6) is -5.43. The summed E-state index contributed by atoms with van der Waals surface area (Å²) in [6.07, 6.45) is -2.65. The number of nitrogens with one attached hydrogen (secondary N) is 1. The fourth-order valence-electron chi connectivity index (χ4n) is 2.16. The molecular weight excluding hydrogens is 366 g/mol. The number of halogens is 4. The number of hydrogen-bond donors (Lipinski definition) is 2. The van der Waals surface area contributed by atoms with Gasteiger partial charge in [-0.1, -0.05) is 37.3 Å². The first-order valence-corrected chi connectivity index (χ1v) is 8.07. The van der Waals surface area contributed by atoms with Gasteiger partial charge in [-0.2, -0.15) is 8.78 Å². The highest BCUT2D eigenvalue weighted by Crippen LogP contribution is 2.24. The van der Waals surface area contributed by atoms with Gasteiger partial charge in [-0.05, 0) is 11.6 Å². The van der Waals surface area contributed by atoms with Gasteiger partial charge in [0.25, 0.3) is 0 Å². The molecule has 0 radical (unpaired) electrons. The van der Waals surface area contributed by atoms with E-state index >= 15 is 0 Å². The van der Waals surface area contributed by atoms with Crippen LogP contribution < -0.4 is 15.8 Å². The highest BCUT2D eigenvalue weighted by atomic mass is 19.3. The Bertz CT molecular complexity index is 742. The highest BCUT2D eigenvalue weighted by molar-refractivity contribution is 5.92. The number of carbonyl (C=O) groups is 1. The normalized spacial score (nSPS) is 13.9. The molecule has 0 fully saturated rings. The van der Waals surface area contributed by atoms with Crippen LogP contribution in [0.1, 0.15) is 18.5 Å². The molecule has 1 aromatic heterocycles. The van der Waals surface area contributed by atoms with Crippen LogP contribution in [0.4, 0.5) is 23.2 Å². The Morgan fingerprint density at radius 3 is 2.44 bits per heavy atom. The van der Waals surface area contributed by atoms with Crippen molar-refractivity contribution >= 4 is 11.6 Å². The monoisotopic (exact) mass is 385 g/mol. The van der Waals surface area contributed by atoms with E-state index in [1.165, 1.54) is 18.3 Å². The van der Waals surface area contributed by atoms with Crippen molar-refractivity contribution in [1.29, 1.82) is 0 Å². The Hall–Kier alpha value is -2.68. The predicted molar refractivity (Wildman–Crippen MR) is 91.8 cm³/mol. The van der Waals surface area contributed by atoms with Gasteiger partial charge in [0.2, 0.25) is 11.8 Å². The third-order valence-corrected chi connectivity index (χ3v) is 3.87. The molecule has 9 heteroatoms. The van der Waals surface area contributed by atoms with E-state index in [2.05, 4.69) is 15.0 Å². The number of hydrogen-bond acceptors (Lipinski definition) is 4. The van der Waals surface area contributed by atoms with Crippen LogP contribution in [0.2, 0.25) is 0 Å². The van der Waals surface area contributed by atoms with Gasteiger partial charge in [0, 0.05) is 12.1 Å². The van der Waals surface area contributed by atoms with E-state index in [1.54, 1.807) is 6.92 Å². The van der Waals surface area contributed by atoms with Crippen LogP contribution in [-0.2, 0) is 4.79 Å². The summed E-state index contributed by atoms with van der Waals surface area (Å²) >= 11 is 0. The third-order valence-electron chi connectivity index (χ3n) is 3.87. The molecule has 2 aromatic rings. The number of alkyl halides is 4.